The largest absolute Gasteiger partial charge is 0.311 e. The summed E-state index contributed by atoms with van der Waals surface area (Å²) in [5, 5.41) is 5.14. The van der Waals surface area contributed by atoms with E-state index >= 15 is 0 Å². The average Bonchev–Trinajstić information content (AvgIpc) is 3.98. The van der Waals surface area contributed by atoms with Crippen molar-refractivity contribution < 1.29 is 0 Å². The first kappa shape index (κ1) is 48.1. The summed E-state index contributed by atoms with van der Waals surface area (Å²) >= 11 is 0. The summed E-state index contributed by atoms with van der Waals surface area (Å²) < 4.78 is 5.20. The second-order valence-corrected chi connectivity index (χ2v) is 24.0. The summed E-state index contributed by atoms with van der Waals surface area (Å²) in [6, 6.07) is 66.2. The lowest BCUT2D eigenvalue weighted by Crippen LogP contribution is -2.60. The Kier molecular flexibility index (Phi) is 11.4. The maximum Gasteiger partial charge on any atom is 0.252 e. The molecule has 76 heavy (non-hydrogen) atoms. The van der Waals surface area contributed by atoms with Crippen LogP contribution in [-0.2, 0) is 0 Å². The van der Waals surface area contributed by atoms with Gasteiger partial charge in [0.2, 0.25) is 0 Å². The number of hydrogen-bond acceptors (Lipinski definition) is 1. The van der Waals surface area contributed by atoms with Gasteiger partial charge in [-0.25, -0.2) is 0 Å². The standard InChI is InChI=1S/C72H70BN3/c1-41(2)49-35-55(43(5)6)69(56(36-49)44(7)8)47-29-31-64-59(33-47)60-34-48(70-57(45(9)10)37-50(42(3)4)38-58(70)46(11)12)30-32-65(60)75(64)52-39-67-71-68(40-52)76-63-27-18-16-23-53(63)54-24-20-26-62(72(54)76)73(71)61-25-17-19-28-66(61)74(67)51-21-14-13-15-22-51/h13-46H,1-12H3. The quantitative estimate of drug-likeness (QED) is 0.124. The molecule has 2 aromatic heterocycles. The lowest BCUT2D eigenvalue weighted by Gasteiger charge is -2.40. The van der Waals surface area contributed by atoms with Crippen molar-refractivity contribution in [1.82, 2.24) is 9.13 Å². The molecule has 3 nitrogen and oxygen atoms in total. The van der Waals surface area contributed by atoms with Gasteiger partial charge in [-0.1, -0.05) is 192 Å². The highest BCUT2D eigenvalue weighted by molar-refractivity contribution is 7.00. The highest BCUT2D eigenvalue weighted by atomic mass is 15.2. The van der Waals surface area contributed by atoms with E-state index in [1.54, 1.807) is 0 Å². The molecule has 2 aliphatic rings. The molecule has 0 saturated heterocycles. The van der Waals surface area contributed by atoms with Crippen LogP contribution < -0.4 is 21.3 Å². The number of anilines is 3. The van der Waals surface area contributed by atoms with Crippen LogP contribution >= 0.6 is 0 Å². The number of hydrogen-bond donors (Lipinski definition) is 0. The maximum atomic E-state index is 2.60. The third-order valence-electron chi connectivity index (χ3n) is 17.3. The highest BCUT2D eigenvalue weighted by Gasteiger charge is 2.42. The van der Waals surface area contributed by atoms with E-state index < -0.39 is 0 Å². The van der Waals surface area contributed by atoms with Gasteiger partial charge in [-0.2, -0.15) is 0 Å². The van der Waals surface area contributed by atoms with Gasteiger partial charge in [0.25, 0.3) is 6.71 Å². The van der Waals surface area contributed by atoms with Crippen molar-refractivity contribution in [1.29, 1.82) is 0 Å². The SMILES string of the molecule is CC(C)c1cc(C(C)C)c(-c2ccc3c(c2)c2cc(-c4c(C(C)C)cc(C(C)C)cc4C(C)C)ccc2n3-c2cc3c4c(c2)-n2c5ccccc5c5cccc(c52)B4c2ccccc2N3c2ccccc2)c(C(C)C)c1. The molecule has 0 amide bonds. The van der Waals surface area contributed by atoms with Crippen molar-refractivity contribution in [3.63, 3.8) is 0 Å². The van der Waals surface area contributed by atoms with Gasteiger partial charge in [-0.15, -0.1) is 0 Å². The number of aromatic nitrogens is 2. The molecule has 0 bridgehead atoms. The van der Waals surface area contributed by atoms with Crippen LogP contribution in [0.3, 0.4) is 0 Å². The van der Waals surface area contributed by atoms with Crippen molar-refractivity contribution in [3.05, 3.63) is 203 Å². The van der Waals surface area contributed by atoms with Gasteiger partial charge in [0, 0.05) is 49.8 Å². The molecule has 0 spiro atoms. The predicted octanol–water partition coefficient (Wildman–Crippen LogP) is 18.6. The van der Waals surface area contributed by atoms with Crippen LogP contribution in [0.5, 0.6) is 0 Å². The first-order valence-electron chi connectivity index (χ1n) is 28.3. The number of benzene rings is 9. The normalized spacial score (nSPS) is 13.1. The van der Waals surface area contributed by atoms with E-state index in [4.69, 9.17) is 0 Å². The molecular weight excluding hydrogens is 918 g/mol. The molecule has 0 fully saturated rings. The zero-order valence-electron chi connectivity index (χ0n) is 46.5. The Morgan fingerprint density at radius 3 is 1.36 bits per heavy atom. The Bertz CT molecular complexity index is 3950. The van der Waals surface area contributed by atoms with Crippen molar-refractivity contribution in [3.8, 4) is 33.6 Å². The Labute approximate surface area is 450 Å². The first-order valence-corrected chi connectivity index (χ1v) is 28.3. The van der Waals surface area contributed by atoms with Crippen LogP contribution in [0.15, 0.2) is 170 Å². The monoisotopic (exact) mass is 988 g/mol. The molecule has 13 rings (SSSR count). The predicted molar refractivity (Wildman–Crippen MR) is 330 cm³/mol. The highest BCUT2D eigenvalue weighted by Crippen LogP contribution is 2.47. The molecule has 0 radical (unpaired) electrons. The van der Waals surface area contributed by atoms with Crippen LogP contribution in [0.1, 0.15) is 152 Å². The molecule has 2 aliphatic heterocycles. The summed E-state index contributed by atoms with van der Waals surface area (Å²) in [7, 11) is 0. The van der Waals surface area contributed by atoms with E-state index in [0.29, 0.717) is 35.5 Å². The minimum absolute atomic E-state index is 0.0544. The molecule has 0 N–H and O–H groups in total. The van der Waals surface area contributed by atoms with E-state index in [0.717, 1.165) is 11.4 Å². The number of para-hydroxylation sites is 4. The van der Waals surface area contributed by atoms with Gasteiger partial charge in [0.1, 0.15) is 0 Å². The Hall–Kier alpha value is -7.56. The molecule has 0 atom stereocenters. The van der Waals surface area contributed by atoms with E-state index in [9.17, 15) is 0 Å². The molecule has 376 valence electrons. The topological polar surface area (TPSA) is 13.1 Å². The van der Waals surface area contributed by atoms with Crippen LogP contribution in [0, 0.1) is 0 Å². The maximum absolute atomic E-state index is 2.60. The Morgan fingerprint density at radius 1 is 0.329 bits per heavy atom. The smallest absolute Gasteiger partial charge is 0.252 e. The summed E-state index contributed by atoms with van der Waals surface area (Å²) in [6.45, 7) is 28.4. The van der Waals surface area contributed by atoms with Gasteiger partial charge in [-0.3, -0.25) is 0 Å². The summed E-state index contributed by atoms with van der Waals surface area (Å²) in [4.78, 5) is 2.54. The van der Waals surface area contributed by atoms with Crippen LogP contribution in [0.25, 0.3) is 77.2 Å². The van der Waals surface area contributed by atoms with Crippen molar-refractivity contribution in [2.24, 2.45) is 0 Å². The average molecular weight is 988 g/mol. The fourth-order valence-electron chi connectivity index (χ4n) is 13.5. The van der Waals surface area contributed by atoms with Crippen molar-refractivity contribution >= 4 is 83.8 Å². The third-order valence-corrected chi connectivity index (χ3v) is 17.3. The number of fused-ring (bicyclic) bond motifs is 10. The van der Waals surface area contributed by atoms with E-state index in [2.05, 4.69) is 267 Å². The van der Waals surface area contributed by atoms with Crippen molar-refractivity contribution in [2.75, 3.05) is 4.90 Å². The fourth-order valence-corrected chi connectivity index (χ4v) is 13.5. The number of rotatable bonds is 10. The van der Waals surface area contributed by atoms with E-state index in [-0.39, 0.29) is 6.71 Å². The lowest BCUT2D eigenvalue weighted by molar-refractivity contribution is 0.807. The minimum atomic E-state index is 0.0544. The molecule has 0 unspecified atom stereocenters. The molecule has 9 aromatic carbocycles. The summed E-state index contributed by atoms with van der Waals surface area (Å²) in [5.74, 6) is 2.35. The fraction of sp³-hybridized carbons (Fsp3) is 0.250. The minimum Gasteiger partial charge on any atom is -0.311 e. The second-order valence-electron chi connectivity index (χ2n) is 24.0. The summed E-state index contributed by atoms with van der Waals surface area (Å²) in [5.41, 5.74) is 28.9. The Balaban J connectivity index is 1.16. The van der Waals surface area contributed by atoms with E-state index in [1.165, 1.54) is 133 Å². The van der Waals surface area contributed by atoms with Crippen molar-refractivity contribution in [2.45, 2.75) is 119 Å². The summed E-state index contributed by atoms with van der Waals surface area (Å²) in [6.07, 6.45) is 0. The van der Waals surface area contributed by atoms with E-state index in [1.807, 2.05) is 0 Å². The third kappa shape index (κ3) is 7.23. The van der Waals surface area contributed by atoms with Crippen LogP contribution in [0.4, 0.5) is 17.1 Å². The van der Waals surface area contributed by atoms with Gasteiger partial charge < -0.3 is 14.0 Å². The Morgan fingerprint density at radius 2 is 0.803 bits per heavy atom. The zero-order valence-corrected chi connectivity index (χ0v) is 46.5. The molecule has 11 aromatic rings. The van der Waals surface area contributed by atoms with Crippen LogP contribution in [-0.4, -0.2) is 15.8 Å². The van der Waals surface area contributed by atoms with Crippen LogP contribution in [0.2, 0.25) is 0 Å². The lowest BCUT2D eigenvalue weighted by atomic mass is 9.34. The zero-order chi connectivity index (χ0) is 52.6. The van der Waals surface area contributed by atoms with Gasteiger partial charge >= 0.3 is 0 Å². The number of nitrogens with zero attached hydrogens (tertiary/aromatic N) is 3. The molecule has 0 aliphatic carbocycles. The van der Waals surface area contributed by atoms with Gasteiger partial charge in [0.05, 0.1) is 22.2 Å². The molecular formula is C72H70BN3. The molecule has 0 saturated carbocycles. The molecule has 4 heterocycles. The first-order chi connectivity index (χ1) is 36.7. The van der Waals surface area contributed by atoms with Gasteiger partial charge in [-0.05, 0) is 168 Å². The second kappa shape index (κ2) is 18.0. The van der Waals surface area contributed by atoms with Gasteiger partial charge in [0.15, 0.2) is 0 Å². The molecule has 4 heteroatoms.